The first-order chi connectivity index (χ1) is 27.5. The van der Waals surface area contributed by atoms with Gasteiger partial charge in [-0.2, -0.15) is 23.1 Å². The fourth-order valence-corrected chi connectivity index (χ4v) is 7.78. The van der Waals surface area contributed by atoms with Crippen LogP contribution in [0.15, 0.2) is 91.5 Å². The molecule has 2 fully saturated rings. The molecule has 1 aliphatic carbocycles. The van der Waals surface area contributed by atoms with Crippen molar-refractivity contribution in [1.82, 2.24) is 40.0 Å². The van der Waals surface area contributed by atoms with Crippen molar-refractivity contribution in [1.29, 1.82) is 0 Å². The first-order valence-corrected chi connectivity index (χ1v) is 19.0. The molecule has 57 heavy (non-hydrogen) atoms. The van der Waals surface area contributed by atoms with E-state index in [-0.39, 0.29) is 43.0 Å². The average Bonchev–Trinajstić information content (AvgIpc) is 3.94. The van der Waals surface area contributed by atoms with Crippen molar-refractivity contribution in [3.8, 4) is 0 Å². The highest BCUT2D eigenvalue weighted by Gasteiger charge is 2.51. The van der Waals surface area contributed by atoms with Crippen molar-refractivity contribution in [2.45, 2.75) is 75.2 Å². The van der Waals surface area contributed by atoms with E-state index in [1.165, 1.54) is 6.33 Å². The standard InChI is InChI=1S/C40H45F3N10O4/c1-2-18-52(37(56)40(41,42)43)30-20-31(34(55)33(30)54)53-24-47-32-35(45-22-29(26-9-5-3-6-10-26)27-11-7-4-8-12-27)49-38(50-36(32)53)51-19-15-28(23-51)48-39(57)46-21-25-13-16-44-17-14-25/h3-14,16-17,24,28-31,33-34,54-55H,2,15,18-23H2,1H3,(H,45,49,50)(H2,46,48,57)/t28-,30+,31-,33-,34+/m1/s1. The van der Waals surface area contributed by atoms with E-state index in [0.29, 0.717) is 54.8 Å². The summed E-state index contributed by atoms with van der Waals surface area (Å²) in [6, 6.07) is 20.8. The molecule has 7 rings (SSSR count). The Morgan fingerprint density at radius 2 is 1.65 bits per heavy atom. The summed E-state index contributed by atoms with van der Waals surface area (Å²) in [4.78, 5) is 46.3. The van der Waals surface area contributed by atoms with Gasteiger partial charge in [0.2, 0.25) is 5.95 Å². The number of amides is 3. The lowest BCUT2D eigenvalue weighted by atomic mass is 9.91. The molecule has 0 spiro atoms. The van der Waals surface area contributed by atoms with Crippen molar-refractivity contribution >= 4 is 34.9 Å². The number of halogens is 3. The Morgan fingerprint density at radius 1 is 0.965 bits per heavy atom. The van der Waals surface area contributed by atoms with E-state index in [1.54, 1.807) is 23.9 Å². The number of carbonyl (C=O) groups is 2. The van der Waals surface area contributed by atoms with Crippen LogP contribution in [0.4, 0.5) is 29.7 Å². The molecule has 2 aromatic carbocycles. The normalized spacial score (nSPS) is 20.9. The number of carbonyl (C=O) groups excluding carboxylic acids is 2. The molecule has 3 aromatic heterocycles. The van der Waals surface area contributed by atoms with Crippen molar-refractivity contribution in [3.63, 3.8) is 0 Å². The zero-order valence-electron chi connectivity index (χ0n) is 31.3. The van der Waals surface area contributed by atoms with Gasteiger partial charge < -0.3 is 40.5 Å². The second-order valence-electron chi connectivity index (χ2n) is 14.4. The minimum Gasteiger partial charge on any atom is -0.388 e. The van der Waals surface area contributed by atoms with Crippen LogP contribution in [0.1, 0.15) is 54.8 Å². The number of urea groups is 1. The summed E-state index contributed by atoms with van der Waals surface area (Å²) in [6.07, 6.45) is -2.95. The van der Waals surface area contributed by atoms with Gasteiger partial charge in [-0.25, -0.2) is 9.78 Å². The summed E-state index contributed by atoms with van der Waals surface area (Å²) >= 11 is 0. The molecule has 1 aliphatic heterocycles. The van der Waals surface area contributed by atoms with Crippen LogP contribution in [0.3, 0.4) is 0 Å². The number of nitrogens with one attached hydrogen (secondary N) is 3. The molecule has 14 nitrogen and oxygen atoms in total. The topological polar surface area (TPSA) is 174 Å². The van der Waals surface area contributed by atoms with E-state index < -0.39 is 36.4 Å². The van der Waals surface area contributed by atoms with Gasteiger partial charge in [0, 0.05) is 57.1 Å². The summed E-state index contributed by atoms with van der Waals surface area (Å²) < 4.78 is 42.5. The van der Waals surface area contributed by atoms with E-state index in [0.717, 1.165) is 16.7 Å². The molecule has 1 saturated heterocycles. The predicted molar refractivity (Wildman–Crippen MR) is 206 cm³/mol. The minimum absolute atomic E-state index is 0.0859. The van der Waals surface area contributed by atoms with Crippen LogP contribution in [-0.2, 0) is 11.3 Å². The number of aliphatic hydroxyl groups is 2. The molecule has 0 bridgehead atoms. The number of nitrogens with zero attached hydrogens (tertiary/aromatic N) is 7. The Kier molecular flexibility index (Phi) is 11.9. The number of aliphatic hydroxyl groups excluding tert-OH is 2. The molecule has 0 unspecified atom stereocenters. The van der Waals surface area contributed by atoms with Gasteiger partial charge in [-0.15, -0.1) is 0 Å². The third kappa shape index (κ3) is 8.78. The van der Waals surface area contributed by atoms with E-state index in [4.69, 9.17) is 9.97 Å². The number of pyridine rings is 1. The quantitative estimate of drug-likeness (QED) is 0.115. The van der Waals surface area contributed by atoms with Gasteiger partial charge in [0.1, 0.15) is 12.2 Å². The maximum atomic E-state index is 13.7. The lowest BCUT2D eigenvalue weighted by Crippen LogP contribution is -2.51. The smallest absolute Gasteiger partial charge is 0.388 e. The zero-order chi connectivity index (χ0) is 40.1. The van der Waals surface area contributed by atoms with Crippen LogP contribution in [-0.4, -0.2) is 108 Å². The predicted octanol–water partition coefficient (Wildman–Crippen LogP) is 4.38. The minimum atomic E-state index is -5.15. The van der Waals surface area contributed by atoms with Gasteiger partial charge in [-0.1, -0.05) is 67.6 Å². The first-order valence-electron chi connectivity index (χ1n) is 19.0. The Bertz CT molecular complexity index is 2090. The molecule has 5 atom stereocenters. The third-order valence-corrected chi connectivity index (χ3v) is 10.6. The zero-order valence-corrected chi connectivity index (χ0v) is 31.3. The second kappa shape index (κ2) is 17.1. The molecule has 300 valence electrons. The van der Waals surface area contributed by atoms with E-state index in [9.17, 15) is 33.0 Å². The van der Waals surface area contributed by atoms with Crippen LogP contribution in [0.2, 0.25) is 0 Å². The highest BCUT2D eigenvalue weighted by molar-refractivity contribution is 5.85. The monoisotopic (exact) mass is 786 g/mol. The number of fused-ring (bicyclic) bond motifs is 1. The summed E-state index contributed by atoms with van der Waals surface area (Å²) in [5.74, 6) is -1.45. The molecule has 2 aliphatic rings. The van der Waals surface area contributed by atoms with E-state index in [1.807, 2.05) is 77.7 Å². The lowest BCUT2D eigenvalue weighted by molar-refractivity contribution is -0.190. The molecule has 1 saturated carbocycles. The average molecular weight is 787 g/mol. The van der Waals surface area contributed by atoms with Crippen molar-refractivity contribution in [3.05, 3.63) is 108 Å². The molecule has 17 heteroatoms. The second-order valence-corrected chi connectivity index (χ2v) is 14.4. The maximum absolute atomic E-state index is 13.7. The molecule has 3 amide bonds. The Balaban J connectivity index is 1.19. The van der Waals surface area contributed by atoms with Crippen LogP contribution in [0.5, 0.6) is 0 Å². The first kappa shape index (κ1) is 39.4. The maximum Gasteiger partial charge on any atom is 0.471 e. The molecular weight excluding hydrogens is 741 g/mol. The van der Waals surface area contributed by atoms with Crippen LogP contribution in [0.25, 0.3) is 11.2 Å². The Morgan fingerprint density at radius 3 is 2.30 bits per heavy atom. The SMILES string of the molecule is CCCN(C(=O)C(F)(F)F)[C@H]1C[C@@H](n2cnc3c(NCC(c4ccccc4)c4ccccc4)nc(N4CC[C@@H](NC(=O)NCc5ccncc5)C4)nc32)[C@H](O)[C@@H]1O. The third-order valence-electron chi connectivity index (χ3n) is 10.6. The fraction of sp³-hybridized carbons (Fsp3) is 0.400. The van der Waals surface area contributed by atoms with Crippen molar-refractivity contribution in [2.24, 2.45) is 0 Å². The van der Waals surface area contributed by atoms with Crippen LogP contribution < -0.4 is 20.9 Å². The fourth-order valence-electron chi connectivity index (χ4n) is 7.78. The number of rotatable bonds is 13. The van der Waals surface area contributed by atoms with Crippen molar-refractivity contribution < 1.29 is 33.0 Å². The summed E-state index contributed by atoms with van der Waals surface area (Å²) in [5.41, 5.74) is 3.68. The largest absolute Gasteiger partial charge is 0.471 e. The molecule has 4 heterocycles. The van der Waals surface area contributed by atoms with Gasteiger partial charge in [0.05, 0.1) is 18.4 Å². The van der Waals surface area contributed by atoms with E-state index in [2.05, 4.69) is 25.9 Å². The number of hydrogen-bond acceptors (Lipinski definition) is 10. The van der Waals surface area contributed by atoms with Gasteiger partial charge in [0.15, 0.2) is 17.0 Å². The van der Waals surface area contributed by atoms with Gasteiger partial charge in [-0.3, -0.25) is 9.78 Å². The number of aromatic nitrogens is 5. The molecule has 5 aromatic rings. The summed E-state index contributed by atoms with van der Waals surface area (Å²) in [6.45, 7) is 3.02. The number of alkyl halides is 3. The summed E-state index contributed by atoms with van der Waals surface area (Å²) in [7, 11) is 0. The number of hydrogen-bond donors (Lipinski definition) is 5. The van der Waals surface area contributed by atoms with Gasteiger partial charge in [0.25, 0.3) is 0 Å². The van der Waals surface area contributed by atoms with Gasteiger partial charge >= 0.3 is 18.1 Å². The highest BCUT2D eigenvalue weighted by Crippen LogP contribution is 2.38. The lowest BCUT2D eigenvalue weighted by Gasteiger charge is -2.31. The molecule has 0 radical (unpaired) electrons. The van der Waals surface area contributed by atoms with Crippen LogP contribution >= 0.6 is 0 Å². The van der Waals surface area contributed by atoms with Crippen LogP contribution in [0, 0.1) is 0 Å². The highest BCUT2D eigenvalue weighted by atomic mass is 19.4. The Labute approximate surface area is 327 Å². The van der Waals surface area contributed by atoms with E-state index >= 15 is 0 Å². The number of anilines is 2. The summed E-state index contributed by atoms with van der Waals surface area (Å²) in [5, 5.41) is 31.8. The molecular formula is C40H45F3N10O4. The van der Waals surface area contributed by atoms with Crippen molar-refractivity contribution in [2.75, 3.05) is 36.4 Å². The number of imidazole rings is 1. The van der Waals surface area contributed by atoms with Gasteiger partial charge in [-0.05, 0) is 48.1 Å². The molecule has 5 N–H and O–H groups in total. The number of benzene rings is 2. The Hall–Kier alpha value is -5.81.